The number of anilines is 1. The summed E-state index contributed by atoms with van der Waals surface area (Å²) in [5.41, 5.74) is 7.01. The third-order valence-corrected chi connectivity index (χ3v) is 4.74. The SMILES string of the molecule is NC1CCC(C(=O)Nc2nc3c(s2)CCC3)C1. The van der Waals surface area contributed by atoms with E-state index in [1.54, 1.807) is 11.3 Å². The number of thiazole rings is 1. The summed E-state index contributed by atoms with van der Waals surface area (Å²) >= 11 is 1.64. The van der Waals surface area contributed by atoms with Gasteiger partial charge in [0.05, 0.1) is 5.69 Å². The van der Waals surface area contributed by atoms with Crippen LogP contribution in [0.3, 0.4) is 0 Å². The molecule has 1 amide bonds. The molecule has 2 atom stereocenters. The van der Waals surface area contributed by atoms with Crippen molar-refractivity contribution in [2.24, 2.45) is 11.7 Å². The number of nitrogens with two attached hydrogens (primary N) is 1. The second-order valence-corrected chi connectivity index (χ2v) is 6.09. The summed E-state index contributed by atoms with van der Waals surface area (Å²) in [4.78, 5) is 17.8. The van der Waals surface area contributed by atoms with Gasteiger partial charge in [-0.15, -0.1) is 11.3 Å². The van der Waals surface area contributed by atoms with Gasteiger partial charge >= 0.3 is 0 Å². The highest BCUT2D eigenvalue weighted by atomic mass is 32.1. The van der Waals surface area contributed by atoms with E-state index >= 15 is 0 Å². The van der Waals surface area contributed by atoms with Crippen LogP contribution >= 0.6 is 11.3 Å². The fraction of sp³-hybridized carbons (Fsp3) is 0.667. The average molecular weight is 251 g/mol. The molecule has 1 fully saturated rings. The monoisotopic (exact) mass is 251 g/mol. The first-order valence-corrected chi connectivity index (χ1v) is 7.09. The van der Waals surface area contributed by atoms with Gasteiger partial charge in [0.2, 0.25) is 5.91 Å². The van der Waals surface area contributed by atoms with E-state index in [-0.39, 0.29) is 17.9 Å². The van der Waals surface area contributed by atoms with Gasteiger partial charge in [-0.25, -0.2) is 4.98 Å². The molecule has 3 rings (SSSR count). The highest BCUT2D eigenvalue weighted by molar-refractivity contribution is 7.15. The molecule has 2 unspecified atom stereocenters. The van der Waals surface area contributed by atoms with Crippen LogP contribution in [-0.2, 0) is 17.6 Å². The second kappa shape index (κ2) is 4.38. The summed E-state index contributed by atoms with van der Waals surface area (Å²) in [6.45, 7) is 0. The Morgan fingerprint density at radius 3 is 3.00 bits per heavy atom. The maximum atomic E-state index is 12.0. The van der Waals surface area contributed by atoms with Crippen LogP contribution in [0.2, 0.25) is 0 Å². The predicted octanol–water partition coefficient (Wildman–Crippen LogP) is 1.70. The lowest BCUT2D eigenvalue weighted by atomic mass is 10.1. The van der Waals surface area contributed by atoms with Crippen molar-refractivity contribution in [1.29, 1.82) is 0 Å². The molecule has 92 valence electrons. The van der Waals surface area contributed by atoms with E-state index in [0.717, 1.165) is 37.2 Å². The van der Waals surface area contributed by atoms with Crippen molar-refractivity contribution in [2.45, 2.75) is 44.6 Å². The molecule has 4 nitrogen and oxygen atoms in total. The van der Waals surface area contributed by atoms with Crippen LogP contribution in [0.4, 0.5) is 5.13 Å². The summed E-state index contributed by atoms with van der Waals surface area (Å²) < 4.78 is 0. The van der Waals surface area contributed by atoms with Crippen LogP contribution in [0.1, 0.15) is 36.3 Å². The summed E-state index contributed by atoms with van der Waals surface area (Å²) in [5, 5.41) is 3.72. The number of carbonyl (C=O) groups is 1. The number of carbonyl (C=O) groups excluding carboxylic acids is 1. The fourth-order valence-corrected chi connectivity index (χ4v) is 3.76. The molecule has 0 aromatic carbocycles. The largest absolute Gasteiger partial charge is 0.328 e. The Kier molecular flexibility index (Phi) is 2.88. The average Bonchev–Trinajstić information content (AvgIpc) is 2.92. The van der Waals surface area contributed by atoms with E-state index in [1.165, 1.54) is 17.0 Å². The first kappa shape index (κ1) is 11.2. The molecule has 17 heavy (non-hydrogen) atoms. The Morgan fingerprint density at radius 2 is 2.29 bits per heavy atom. The molecule has 1 saturated carbocycles. The quantitative estimate of drug-likeness (QED) is 0.840. The highest BCUT2D eigenvalue weighted by Crippen LogP contribution is 2.31. The molecule has 1 aromatic rings. The van der Waals surface area contributed by atoms with E-state index in [4.69, 9.17) is 5.73 Å². The molecule has 5 heteroatoms. The van der Waals surface area contributed by atoms with Gasteiger partial charge in [-0.3, -0.25) is 4.79 Å². The normalized spacial score (nSPS) is 27.1. The Morgan fingerprint density at radius 1 is 1.41 bits per heavy atom. The zero-order valence-electron chi connectivity index (χ0n) is 9.74. The standard InChI is InChI=1S/C12H17N3OS/c13-8-5-4-7(6-8)11(16)15-12-14-9-2-1-3-10(9)17-12/h7-8H,1-6,13H2,(H,14,15,16). The molecule has 0 radical (unpaired) electrons. The van der Waals surface area contributed by atoms with Gasteiger partial charge in [0, 0.05) is 16.8 Å². The third kappa shape index (κ3) is 2.21. The summed E-state index contributed by atoms with van der Waals surface area (Å²) in [7, 11) is 0. The number of fused-ring (bicyclic) bond motifs is 1. The van der Waals surface area contributed by atoms with Crippen LogP contribution < -0.4 is 11.1 Å². The zero-order valence-corrected chi connectivity index (χ0v) is 10.6. The third-order valence-electron chi connectivity index (χ3n) is 3.67. The summed E-state index contributed by atoms with van der Waals surface area (Å²) in [6.07, 6.45) is 6.09. The maximum Gasteiger partial charge on any atom is 0.229 e. The van der Waals surface area contributed by atoms with E-state index in [0.29, 0.717) is 0 Å². The Hall–Kier alpha value is -0.940. The summed E-state index contributed by atoms with van der Waals surface area (Å²) in [5.74, 6) is 0.189. The molecule has 1 heterocycles. The molecular formula is C12H17N3OS. The molecule has 0 saturated heterocycles. The van der Waals surface area contributed by atoms with Crippen LogP contribution in [0.5, 0.6) is 0 Å². The number of aryl methyl sites for hydroxylation is 2. The maximum absolute atomic E-state index is 12.0. The van der Waals surface area contributed by atoms with Crippen LogP contribution in [-0.4, -0.2) is 16.9 Å². The van der Waals surface area contributed by atoms with Gasteiger partial charge in [0.1, 0.15) is 0 Å². The van der Waals surface area contributed by atoms with Crippen molar-refractivity contribution in [3.8, 4) is 0 Å². The number of nitrogens with zero attached hydrogens (tertiary/aromatic N) is 1. The number of rotatable bonds is 2. The molecule has 0 spiro atoms. The molecule has 0 bridgehead atoms. The van der Waals surface area contributed by atoms with Crippen molar-refractivity contribution < 1.29 is 4.79 Å². The lowest BCUT2D eigenvalue weighted by Gasteiger charge is -2.08. The van der Waals surface area contributed by atoms with Crippen molar-refractivity contribution in [3.05, 3.63) is 10.6 Å². The van der Waals surface area contributed by atoms with Gasteiger partial charge in [-0.05, 0) is 38.5 Å². The highest BCUT2D eigenvalue weighted by Gasteiger charge is 2.28. The number of aromatic nitrogens is 1. The zero-order chi connectivity index (χ0) is 11.8. The first-order valence-electron chi connectivity index (χ1n) is 6.27. The minimum absolute atomic E-state index is 0.0868. The Labute approximate surface area is 105 Å². The Balaban J connectivity index is 1.64. The number of hydrogen-bond donors (Lipinski definition) is 2. The van der Waals surface area contributed by atoms with Gasteiger partial charge in [-0.1, -0.05) is 0 Å². The van der Waals surface area contributed by atoms with Crippen LogP contribution in [0, 0.1) is 5.92 Å². The first-order chi connectivity index (χ1) is 8.22. The van der Waals surface area contributed by atoms with E-state index in [9.17, 15) is 4.79 Å². The number of amides is 1. The molecule has 2 aliphatic carbocycles. The lowest BCUT2D eigenvalue weighted by molar-refractivity contribution is -0.119. The number of nitrogens with one attached hydrogen (secondary N) is 1. The molecule has 1 aromatic heterocycles. The number of hydrogen-bond acceptors (Lipinski definition) is 4. The van der Waals surface area contributed by atoms with Crippen molar-refractivity contribution in [2.75, 3.05) is 5.32 Å². The minimum Gasteiger partial charge on any atom is -0.328 e. The molecular weight excluding hydrogens is 234 g/mol. The fourth-order valence-electron chi connectivity index (χ4n) is 2.71. The van der Waals surface area contributed by atoms with E-state index in [2.05, 4.69) is 10.3 Å². The second-order valence-electron chi connectivity index (χ2n) is 5.00. The van der Waals surface area contributed by atoms with Gasteiger partial charge in [0.25, 0.3) is 0 Å². The molecule has 2 aliphatic rings. The van der Waals surface area contributed by atoms with Crippen LogP contribution in [0.25, 0.3) is 0 Å². The minimum atomic E-state index is 0.0868. The van der Waals surface area contributed by atoms with E-state index in [1.807, 2.05) is 0 Å². The van der Waals surface area contributed by atoms with Crippen molar-refractivity contribution in [3.63, 3.8) is 0 Å². The van der Waals surface area contributed by atoms with Gasteiger partial charge in [-0.2, -0.15) is 0 Å². The van der Waals surface area contributed by atoms with Crippen molar-refractivity contribution >= 4 is 22.4 Å². The molecule has 3 N–H and O–H groups in total. The van der Waals surface area contributed by atoms with Crippen LogP contribution in [0.15, 0.2) is 0 Å². The smallest absolute Gasteiger partial charge is 0.229 e. The topological polar surface area (TPSA) is 68.0 Å². The predicted molar refractivity (Wildman–Crippen MR) is 68.1 cm³/mol. The van der Waals surface area contributed by atoms with E-state index < -0.39 is 0 Å². The van der Waals surface area contributed by atoms with Crippen molar-refractivity contribution in [1.82, 2.24) is 4.98 Å². The molecule has 0 aliphatic heterocycles. The Bertz CT molecular complexity index is 421. The van der Waals surface area contributed by atoms with Gasteiger partial charge < -0.3 is 11.1 Å². The summed E-state index contributed by atoms with van der Waals surface area (Å²) in [6, 6.07) is 0.201. The van der Waals surface area contributed by atoms with Gasteiger partial charge in [0.15, 0.2) is 5.13 Å². The lowest BCUT2D eigenvalue weighted by Crippen LogP contribution is -2.23.